The fourth-order valence-corrected chi connectivity index (χ4v) is 1.88. The zero-order valence-electron chi connectivity index (χ0n) is 7.59. The van der Waals surface area contributed by atoms with Crippen LogP contribution < -0.4 is 4.74 Å². The molecule has 1 aromatic rings. The van der Waals surface area contributed by atoms with Crippen molar-refractivity contribution < 1.29 is 35.5 Å². The van der Waals surface area contributed by atoms with Gasteiger partial charge in [-0.25, -0.2) is 4.39 Å². The number of halogens is 8. The Balaban J connectivity index is 3.19. The molecule has 0 atom stereocenters. The lowest BCUT2D eigenvalue weighted by Crippen LogP contribution is -2.18. The second-order valence-corrected chi connectivity index (χ2v) is 3.97. The molecule has 9 heteroatoms. The van der Waals surface area contributed by atoms with Crippen LogP contribution in [0, 0.1) is 9.39 Å². The molecule has 0 heterocycles. The topological polar surface area (TPSA) is 9.23 Å². The molecule has 1 nitrogen and oxygen atoms in total. The van der Waals surface area contributed by atoms with E-state index in [9.17, 15) is 30.7 Å². The van der Waals surface area contributed by atoms with Gasteiger partial charge in [-0.05, 0) is 28.7 Å². The Morgan fingerprint density at radius 2 is 1.53 bits per heavy atom. The molecule has 96 valence electrons. The minimum atomic E-state index is -5.09. The van der Waals surface area contributed by atoms with Gasteiger partial charge in [-0.2, -0.15) is 13.2 Å². The van der Waals surface area contributed by atoms with Gasteiger partial charge < -0.3 is 4.74 Å². The van der Waals surface area contributed by atoms with Gasteiger partial charge in [-0.15, -0.1) is 13.2 Å². The van der Waals surface area contributed by atoms with Crippen molar-refractivity contribution >= 4 is 22.6 Å². The molecule has 0 radical (unpaired) electrons. The predicted molar refractivity (Wildman–Crippen MR) is 50.8 cm³/mol. The van der Waals surface area contributed by atoms with Gasteiger partial charge in [0, 0.05) is 9.64 Å². The molecule has 0 bridgehead atoms. The van der Waals surface area contributed by atoms with E-state index in [1.165, 1.54) is 0 Å². The fraction of sp³-hybridized carbons (Fsp3) is 0.250. The predicted octanol–water partition coefficient (Wildman–Crippen LogP) is 4.35. The normalized spacial score (nSPS) is 12.7. The Hall–Kier alpha value is -0.740. The summed E-state index contributed by atoms with van der Waals surface area (Å²) in [6.07, 6.45) is -10.1. The van der Waals surface area contributed by atoms with Gasteiger partial charge >= 0.3 is 12.5 Å². The number of hydrogen-bond donors (Lipinski definition) is 0. The Morgan fingerprint density at radius 1 is 1.00 bits per heavy atom. The zero-order chi connectivity index (χ0) is 13.4. The summed E-state index contributed by atoms with van der Waals surface area (Å²) < 4.78 is 87.7. The lowest BCUT2D eigenvalue weighted by molar-refractivity contribution is -0.274. The molecule has 0 aliphatic carbocycles. The summed E-state index contributed by atoms with van der Waals surface area (Å²) in [7, 11) is 0. The first-order valence-electron chi connectivity index (χ1n) is 3.82. The van der Waals surface area contributed by atoms with E-state index in [0.29, 0.717) is 6.07 Å². The first-order chi connectivity index (χ1) is 7.50. The summed E-state index contributed by atoms with van der Waals surface area (Å²) in [5.74, 6) is -2.85. The molecule has 0 spiro atoms. The van der Waals surface area contributed by atoms with Crippen LogP contribution in [-0.2, 0) is 6.18 Å². The molecule has 0 unspecified atom stereocenters. The summed E-state index contributed by atoms with van der Waals surface area (Å²) in [4.78, 5) is 0. The van der Waals surface area contributed by atoms with Crippen molar-refractivity contribution in [1.82, 2.24) is 0 Å². The Morgan fingerprint density at radius 3 is 1.88 bits per heavy atom. The third-order valence-electron chi connectivity index (χ3n) is 1.53. The third kappa shape index (κ3) is 3.89. The van der Waals surface area contributed by atoms with Crippen molar-refractivity contribution in [2.45, 2.75) is 12.5 Å². The van der Waals surface area contributed by atoms with Crippen LogP contribution in [0.25, 0.3) is 0 Å². The maximum atomic E-state index is 13.0. The molecular formula is C8H2F7IO. The van der Waals surface area contributed by atoms with Crippen molar-refractivity contribution in [3.63, 3.8) is 0 Å². The average Bonchev–Trinajstić information content (AvgIpc) is 1.94. The van der Waals surface area contributed by atoms with E-state index in [4.69, 9.17) is 0 Å². The molecule has 0 fully saturated rings. The summed E-state index contributed by atoms with van der Waals surface area (Å²) in [6, 6.07) is 0.498. The Labute approximate surface area is 104 Å². The molecular weight excluding hydrogens is 372 g/mol. The van der Waals surface area contributed by atoms with Crippen LogP contribution in [0.15, 0.2) is 12.1 Å². The lowest BCUT2D eigenvalue weighted by atomic mass is 10.2. The fourth-order valence-electron chi connectivity index (χ4n) is 1.01. The molecule has 0 saturated carbocycles. The maximum Gasteiger partial charge on any atom is 0.573 e. The van der Waals surface area contributed by atoms with Gasteiger partial charge in [0.25, 0.3) is 0 Å². The summed E-state index contributed by atoms with van der Waals surface area (Å²) >= 11 is 1.08. The molecule has 0 aliphatic heterocycles. The monoisotopic (exact) mass is 374 g/mol. The number of rotatable bonds is 1. The molecule has 0 amide bonds. The molecule has 1 rings (SSSR count). The molecule has 17 heavy (non-hydrogen) atoms. The molecule has 0 aromatic heterocycles. The van der Waals surface area contributed by atoms with E-state index < -0.39 is 33.2 Å². The maximum absolute atomic E-state index is 13.0. The summed E-state index contributed by atoms with van der Waals surface area (Å²) in [5.41, 5.74) is -1.62. The highest BCUT2D eigenvalue weighted by molar-refractivity contribution is 14.1. The molecule has 0 N–H and O–H groups in total. The Bertz CT molecular complexity index is 400. The van der Waals surface area contributed by atoms with Gasteiger partial charge in [0.2, 0.25) is 0 Å². The second-order valence-electron chi connectivity index (χ2n) is 2.81. The molecule has 1 aromatic carbocycles. The van der Waals surface area contributed by atoms with E-state index >= 15 is 0 Å². The highest BCUT2D eigenvalue weighted by atomic mass is 127. The van der Waals surface area contributed by atoms with Gasteiger partial charge in [0.15, 0.2) is 0 Å². The van der Waals surface area contributed by atoms with Crippen LogP contribution in [-0.4, -0.2) is 6.36 Å². The van der Waals surface area contributed by atoms with E-state index in [0.717, 1.165) is 22.6 Å². The number of hydrogen-bond acceptors (Lipinski definition) is 1. The van der Waals surface area contributed by atoms with Crippen LogP contribution in [0.5, 0.6) is 5.75 Å². The first kappa shape index (κ1) is 14.3. The standard InChI is InChI=1S/C8H2F7IO/c9-4-1-3(17-8(13,14)15)2-5(16)6(4)7(10,11)12/h1-2H. The lowest BCUT2D eigenvalue weighted by Gasteiger charge is -2.13. The van der Waals surface area contributed by atoms with Gasteiger partial charge in [0.05, 0.1) is 0 Å². The average molecular weight is 374 g/mol. The van der Waals surface area contributed by atoms with E-state index in [1.807, 2.05) is 0 Å². The third-order valence-corrected chi connectivity index (χ3v) is 2.38. The zero-order valence-corrected chi connectivity index (χ0v) is 9.74. The highest BCUT2D eigenvalue weighted by Crippen LogP contribution is 2.37. The van der Waals surface area contributed by atoms with E-state index in [-0.39, 0.29) is 6.07 Å². The minimum absolute atomic E-state index is 0.0402. The van der Waals surface area contributed by atoms with Crippen molar-refractivity contribution in [1.29, 1.82) is 0 Å². The van der Waals surface area contributed by atoms with Crippen LogP contribution in [0.4, 0.5) is 30.7 Å². The largest absolute Gasteiger partial charge is 0.573 e. The summed E-state index contributed by atoms with van der Waals surface area (Å²) in [6.45, 7) is 0. The van der Waals surface area contributed by atoms with Crippen LogP contribution >= 0.6 is 22.6 Å². The smallest absolute Gasteiger partial charge is 0.406 e. The number of ether oxygens (including phenoxy) is 1. The number of benzene rings is 1. The van der Waals surface area contributed by atoms with Crippen LogP contribution in [0.1, 0.15) is 5.56 Å². The van der Waals surface area contributed by atoms with Crippen LogP contribution in [0.3, 0.4) is 0 Å². The molecule has 0 saturated heterocycles. The van der Waals surface area contributed by atoms with Crippen molar-refractivity contribution in [3.8, 4) is 5.75 Å². The summed E-state index contributed by atoms with van der Waals surface area (Å²) in [5, 5.41) is 0. The van der Waals surface area contributed by atoms with Crippen molar-refractivity contribution in [2.75, 3.05) is 0 Å². The molecule has 0 aliphatic rings. The van der Waals surface area contributed by atoms with Crippen LogP contribution in [0.2, 0.25) is 0 Å². The highest BCUT2D eigenvalue weighted by Gasteiger charge is 2.38. The second kappa shape index (κ2) is 4.50. The minimum Gasteiger partial charge on any atom is -0.406 e. The Kier molecular flexibility index (Phi) is 3.79. The van der Waals surface area contributed by atoms with Gasteiger partial charge in [-0.1, -0.05) is 0 Å². The van der Waals surface area contributed by atoms with E-state index in [2.05, 4.69) is 4.74 Å². The van der Waals surface area contributed by atoms with Crippen molar-refractivity contribution in [3.05, 3.63) is 27.1 Å². The number of alkyl halides is 6. The van der Waals surface area contributed by atoms with Gasteiger partial charge in [0.1, 0.15) is 17.1 Å². The van der Waals surface area contributed by atoms with Gasteiger partial charge in [-0.3, -0.25) is 0 Å². The quantitative estimate of drug-likeness (QED) is 0.525. The SMILES string of the molecule is Fc1cc(OC(F)(F)F)cc(I)c1C(F)(F)F. The van der Waals surface area contributed by atoms with E-state index in [1.54, 1.807) is 0 Å². The first-order valence-corrected chi connectivity index (χ1v) is 4.90. The van der Waals surface area contributed by atoms with Crippen molar-refractivity contribution in [2.24, 2.45) is 0 Å².